The standard InChI is InChI=1S/C25H15ClN2O/c26-17-11-14-24-21(15-17)27-25(29-24)16-9-12-18(13-10-16)28-22-7-3-1-5-19(22)20-6-2-4-8-23(20)28/h1-15H. The Morgan fingerprint density at radius 1 is 0.724 bits per heavy atom. The van der Waals surface area contributed by atoms with Crippen molar-refractivity contribution in [2.24, 2.45) is 0 Å². The van der Waals surface area contributed by atoms with E-state index in [0.717, 1.165) is 22.4 Å². The highest BCUT2D eigenvalue weighted by molar-refractivity contribution is 6.31. The summed E-state index contributed by atoms with van der Waals surface area (Å²) in [5, 5.41) is 3.16. The van der Waals surface area contributed by atoms with E-state index in [1.54, 1.807) is 0 Å². The largest absolute Gasteiger partial charge is 0.436 e. The van der Waals surface area contributed by atoms with Crippen LogP contribution >= 0.6 is 11.6 Å². The molecule has 29 heavy (non-hydrogen) atoms. The van der Waals surface area contributed by atoms with Gasteiger partial charge in [-0.1, -0.05) is 48.0 Å². The number of halogens is 1. The molecule has 0 aliphatic carbocycles. The van der Waals surface area contributed by atoms with Crippen molar-refractivity contribution in [3.63, 3.8) is 0 Å². The van der Waals surface area contributed by atoms with E-state index in [9.17, 15) is 0 Å². The van der Waals surface area contributed by atoms with E-state index >= 15 is 0 Å². The van der Waals surface area contributed by atoms with Gasteiger partial charge in [-0.2, -0.15) is 0 Å². The fraction of sp³-hybridized carbons (Fsp3) is 0. The van der Waals surface area contributed by atoms with E-state index in [4.69, 9.17) is 16.0 Å². The molecule has 4 aromatic carbocycles. The van der Waals surface area contributed by atoms with Gasteiger partial charge in [0.2, 0.25) is 5.89 Å². The summed E-state index contributed by atoms with van der Waals surface area (Å²) in [5.74, 6) is 0.594. The summed E-state index contributed by atoms with van der Waals surface area (Å²) in [6.45, 7) is 0. The minimum Gasteiger partial charge on any atom is -0.436 e. The van der Waals surface area contributed by atoms with Gasteiger partial charge in [0, 0.05) is 27.0 Å². The number of nitrogens with zero attached hydrogens (tertiary/aromatic N) is 2. The van der Waals surface area contributed by atoms with Gasteiger partial charge in [0.1, 0.15) is 5.52 Å². The zero-order valence-corrected chi connectivity index (χ0v) is 16.1. The average Bonchev–Trinajstić information content (AvgIpc) is 3.33. The lowest BCUT2D eigenvalue weighted by molar-refractivity contribution is 0.620. The highest BCUT2D eigenvalue weighted by Crippen LogP contribution is 2.33. The molecular weight excluding hydrogens is 380 g/mol. The maximum absolute atomic E-state index is 6.06. The lowest BCUT2D eigenvalue weighted by Gasteiger charge is -2.08. The first-order valence-electron chi connectivity index (χ1n) is 9.43. The number of hydrogen-bond donors (Lipinski definition) is 0. The zero-order chi connectivity index (χ0) is 19.4. The molecule has 6 rings (SSSR count). The van der Waals surface area contributed by atoms with Crippen molar-refractivity contribution < 1.29 is 4.42 Å². The van der Waals surface area contributed by atoms with Crippen molar-refractivity contribution in [1.82, 2.24) is 9.55 Å². The summed E-state index contributed by atoms with van der Waals surface area (Å²) >= 11 is 6.06. The van der Waals surface area contributed by atoms with Gasteiger partial charge in [-0.15, -0.1) is 0 Å². The van der Waals surface area contributed by atoms with Gasteiger partial charge in [-0.05, 0) is 54.6 Å². The van der Waals surface area contributed by atoms with Crippen LogP contribution in [-0.2, 0) is 0 Å². The van der Waals surface area contributed by atoms with Crippen molar-refractivity contribution >= 4 is 44.5 Å². The molecule has 2 aromatic heterocycles. The number of oxazole rings is 1. The highest BCUT2D eigenvalue weighted by atomic mass is 35.5. The number of fused-ring (bicyclic) bond motifs is 4. The van der Waals surface area contributed by atoms with Crippen molar-refractivity contribution in [3.05, 3.63) is 96.0 Å². The third-order valence-corrected chi connectivity index (χ3v) is 5.54. The number of rotatable bonds is 2. The van der Waals surface area contributed by atoms with Crippen molar-refractivity contribution in [2.45, 2.75) is 0 Å². The van der Waals surface area contributed by atoms with Gasteiger partial charge in [-0.3, -0.25) is 0 Å². The molecule has 0 amide bonds. The topological polar surface area (TPSA) is 31.0 Å². The highest BCUT2D eigenvalue weighted by Gasteiger charge is 2.13. The Labute approximate surface area is 171 Å². The quantitative estimate of drug-likeness (QED) is 0.310. The third kappa shape index (κ3) is 2.55. The van der Waals surface area contributed by atoms with Crippen LogP contribution in [-0.4, -0.2) is 9.55 Å². The Morgan fingerprint density at radius 3 is 2.07 bits per heavy atom. The van der Waals surface area contributed by atoms with Gasteiger partial charge >= 0.3 is 0 Å². The first kappa shape index (κ1) is 16.4. The van der Waals surface area contributed by atoms with Crippen LogP contribution in [0.3, 0.4) is 0 Å². The van der Waals surface area contributed by atoms with Crippen LogP contribution in [0.1, 0.15) is 0 Å². The van der Waals surface area contributed by atoms with Gasteiger partial charge < -0.3 is 8.98 Å². The smallest absolute Gasteiger partial charge is 0.227 e. The molecule has 0 aliphatic heterocycles. The van der Waals surface area contributed by atoms with Crippen LogP contribution in [0.15, 0.2) is 95.4 Å². The molecule has 3 nitrogen and oxygen atoms in total. The second-order valence-corrected chi connectivity index (χ2v) is 7.48. The number of aromatic nitrogens is 2. The average molecular weight is 395 g/mol. The summed E-state index contributed by atoms with van der Waals surface area (Å²) in [6.07, 6.45) is 0. The summed E-state index contributed by atoms with van der Waals surface area (Å²) in [7, 11) is 0. The Kier molecular flexibility index (Phi) is 3.52. The van der Waals surface area contributed by atoms with E-state index in [-0.39, 0.29) is 0 Å². The minimum atomic E-state index is 0.594. The van der Waals surface area contributed by atoms with Gasteiger partial charge in [0.15, 0.2) is 5.58 Å². The summed E-state index contributed by atoms with van der Waals surface area (Å²) in [4.78, 5) is 4.58. The summed E-state index contributed by atoms with van der Waals surface area (Å²) in [6, 6.07) is 30.8. The normalized spacial score (nSPS) is 11.6. The van der Waals surface area contributed by atoms with E-state index in [0.29, 0.717) is 10.9 Å². The Hall–Kier alpha value is -3.56. The molecule has 0 aliphatic rings. The molecule has 0 saturated heterocycles. The molecule has 0 saturated carbocycles. The maximum Gasteiger partial charge on any atom is 0.227 e. The molecule has 6 aromatic rings. The fourth-order valence-corrected chi connectivity index (χ4v) is 4.14. The molecule has 0 atom stereocenters. The lowest BCUT2D eigenvalue weighted by atomic mass is 10.2. The molecule has 2 heterocycles. The molecule has 0 N–H and O–H groups in total. The Bertz CT molecular complexity index is 1460. The van der Waals surface area contributed by atoms with Crippen LogP contribution in [0.4, 0.5) is 0 Å². The lowest BCUT2D eigenvalue weighted by Crippen LogP contribution is -1.93. The first-order chi connectivity index (χ1) is 14.3. The second-order valence-electron chi connectivity index (χ2n) is 7.05. The molecule has 4 heteroatoms. The Balaban J connectivity index is 1.50. The third-order valence-electron chi connectivity index (χ3n) is 5.30. The second kappa shape index (κ2) is 6.23. The molecule has 0 fully saturated rings. The Morgan fingerprint density at radius 2 is 1.38 bits per heavy atom. The molecule has 138 valence electrons. The zero-order valence-electron chi connectivity index (χ0n) is 15.3. The van der Waals surface area contributed by atoms with Gasteiger partial charge in [-0.25, -0.2) is 4.98 Å². The number of para-hydroxylation sites is 2. The molecule has 0 unspecified atom stereocenters. The van der Waals surface area contributed by atoms with E-state index < -0.39 is 0 Å². The molecule has 0 spiro atoms. The van der Waals surface area contributed by atoms with Gasteiger partial charge in [0.25, 0.3) is 0 Å². The monoisotopic (exact) mass is 394 g/mol. The van der Waals surface area contributed by atoms with E-state index in [2.05, 4.69) is 70.2 Å². The van der Waals surface area contributed by atoms with Crippen molar-refractivity contribution in [2.75, 3.05) is 0 Å². The van der Waals surface area contributed by atoms with E-state index in [1.165, 1.54) is 21.8 Å². The van der Waals surface area contributed by atoms with Crippen LogP contribution in [0.2, 0.25) is 5.02 Å². The number of benzene rings is 4. The molecular formula is C25H15ClN2O. The van der Waals surface area contributed by atoms with Crippen LogP contribution in [0.25, 0.3) is 50.0 Å². The van der Waals surface area contributed by atoms with Crippen LogP contribution in [0.5, 0.6) is 0 Å². The summed E-state index contributed by atoms with van der Waals surface area (Å²) in [5.41, 5.74) is 5.91. The van der Waals surface area contributed by atoms with Crippen molar-refractivity contribution in [3.8, 4) is 17.1 Å². The van der Waals surface area contributed by atoms with Gasteiger partial charge in [0.05, 0.1) is 11.0 Å². The number of hydrogen-bond acceptors (Lipinski definition) is 2. The minimum absolute atomic E-state index is 0.594. The SMILES string of the molecule is Clc1ccc2oc(-c3ccc(-n4c5ccccc5c5ccccc54)cc3)nc2c1. The first-order valence-corrected chi connectivity index (χ1v) is 9.81. The molecule has 0 radical (unpaired) electrons. The molecule has 0 bridgehead atoms. The predicted octanol–water partition coefficient (Wildman–Crippen LogP) is 7.25. The van der Waals surface area contributed by atoms with Crippen LogP contribution in [0, 0.1) is 0 Å². The predicted molar refractivity (Wildman–Crippen MR) is 119 cm³/mol. The summed E-state index contributed by atoms with van der Waals surface area (Å²) < 4.78 is 8.20. The maximum atomic E-state index is 6.06. The van der Waals surface area contributed by atoms with Crippen molar-refractivity contribution in [1.29, 1.82) is 0 Å². The van der Waals surface area contributed by atoms with Crippen LogP contribution < -0.4 is 0 Å². The fourth-order valence-electron chi connectivity index (χ4n) is 3.98. The van der Waals surface area contributed by atoms with E-state index in [1.807, 2.05) is 30.3 Å².